The number of anilines is 4. The molecule has 0 aliphatic heterocycles. The molecule has 0 bridgehead atoms. The molecule has 1 aliphatic carbocycles. The van der Waals surface area contributed by atoms with Crippen molar-refractivity contribution in [2.24, 2.45) is 11.3 Å². The minimum Gasteiger partial charge on any atom is -0.382 e. The number of rotatable bonds is 5. The van der Waals surface area contributed by atoms with Gasteiger partial charge in [-0.15, -0.1) is 0 Å². The summed E-state index contributed by atoms with van der Waals surface area (Å²) in [6.07, 6.45) is -5.88. The Morgan fingerprint density at radius 2 is 1.83 bits per heavy atom. The fourth-order valence-electron chi connectivity index (χ4n) is 3.82. The molecule has 3 aromatic rings. The van der Waals surface area contributed by atoms with Gasteiger partial charge in [0.15, 0.2) is 11.6 Å². The number of pyridine rings is 2. The molecule has 0 amide bonds. The van der Waals surface area contributed by atoms with Gasteiger partial charge in [-0.3, -0.25) is 4.98 Å². The van der Waals surface area contributed by atoms with Gasteiger partial charge in [0.1, 0.15) is 22.7 Å². The molecule has 1 fully saturated rings. The van der Waals surface area contributed by atoms with Crippen LogP contribution in [-0.4, -0.2) is 36.2 Å². The van der Waals surface area contributed by atoms with Crippen LogP contribution in [0.4, 0.5) is 53.7 Å². The standard InChI is InChI=1S/C23H19F7N6/c1-35(32)19-15-9-33-10-16(25)18(15)21(34-20(19)31)36(11-17(26)27)14-7-12(6-13(24)8-14)2-3-22(4-5-22)23(28,29)30/h6-10,17H,4-5,11,32H2,1H3,(H2,31,34). The highest BCUT2D eigenvalue weighted by molar-refractivity contribution is 6.05. The fourth-order valence-corrected chi connectivity index (χ4v) is 3.82. The van der Waals surface area contributed by atoms with Gasteiger partial charge in [-0.2, -0.15) is 13.2 Å². The number of nitrogen functional groups attached to an aromatic ring is 1. The van der Waals surface area contributed by atoms with Gasteiger partial charge in [0.2, 0.25) is 0 Å². The molecule has 190 valence electrons. The van der Waals surface area contributed by atoms with E-state index in [2.05, 4.69) is 21.8 Å². The highest BCUT2D eigenvalue weighted by Gasteiger charge is 2.62. The molecule has 0 radical (unpaired) electrons. The predicted molar refractivity (Wildman–Crippen MR) is 121 cm³/mol. The molecule has 6 nitrogen and oxygen atoms in total. The Bertz CT molecular complexity index is 1370. The van der Waals surface area contributed by atoms with Crippen molar-refractivity contribution in [2.75, 3.05) is 29.2 Å². The van der Waals surface area contributed by atoms with Crippen molar-refractivity contribution in [3.63, 3.8) is 0 Å². The first kappa shape index (κ1) is 25.3. The van der Waals surface area contributed by atoms with Gasteiger partial charge in [0, 0.05) is 29.9 Å². The summed E-state index contributed by atoms with van der Waals surface area (Å²) in [6, 6.07) is 2.85. The predicted octanol–water partition coefficient (Wildman–Crippen LogP) is 4.90. The quantitative estimate of drug-likeness (QED) is 0.219. The lowest BCUT2D eigenvalue weighted by Crippen LogP contribution is -2.29. The number of hydrazine groups is 1. The Kier molecular flexibility index (Phi) is 6.34. The molecule has 1 aliphatic rings. The third-order valence-corrected chi connectivity index (χ3v) is 5.71. The lowest BCUT2D eigenvalue weighted by molar-refractivity contribution is -0.168. The molecule has 13 heteroatoms. The highest BCUT2D eigenvalue weighted by Crippen LogP contribution is 2.57. The zero-order valence-corrected chi connectivity index (χ0v) is 18.7. The van der Waals surface area contributed by atoms with E-state index in [1.165, 1.54) is 13.2 Å². The van der Waals surface area contributed by atoms with Gasteiger partial charge in [0.05, 0.1) is 18.1 Å². The first-order valence-corrected chi connectivity index (χ1v) is 10.5. The van der Waals surface area contributed by atoms with Crippen LogP contribution in [0, 0.1) is 28.9 Å². The van der Waals surface area contributed by atoms with Gasteiger partial charge in [-0.05, 0) is 31.0 Å². The lowest BCUT2D eigenvalue weighted by atomic mass is 10.1. The molecular formula is C23H19F7N6. The number of hydrogen-bond acceptors (Lipinski definition) is 6. The van der Waals surface area contributed by atoms with E-state index in [9.17, 15) is 30.7 Å². The van der Waals surface area contributed by atoms with E-state index in [1.54, 1.807) is 0 Å². The summed E-state index contributed by atoms with van der Waals surface area (Å²) in [5.41, 5.74) is 3.47. The third kappa shape index (κ3) is 4.68. The van der Waals surface area contributed by atoms with Crippen LogP contribution in [0.2, 0.25) is 0 Å². The maximum atomic E-state index is 14.9. The van der Waals surface area contributed by atoms with E-state index in [0.29, 0.717) is 0 Å². The van der Waals surface area contributed by atoms with Crippen molar-refractivity contribution in [3.8, 4) is 11.8 Å². The second kappa shape index (κ2) is 9.02. The molecule has 0 atom stereocenters. The SMILES string of the molecule is CN(N)c1c(N)nc(N(CC(F)F)c2cc(F)cc(C#CC3(C(F)(F)F)CC3)c2)c2c(F)cncc12. The monoisotopic (exact) mass is 512 g/mol. The molecule has 1 saturated carbocycles. The average molecular weight is 512 g/mol. The molecule has 4 N–H and O–H groups in total. The summed E-state index contributed by atoms with van der Waals surface area (Å²) < 4.78 is 96.4. The number of halogens is 7. The highest BCUT2D eigenvalue weighted by atomic mass is 19.4. The zero-order chi connectivity index (χ0) is 26.4. The number of hydrogen-bond donors (Lipinski definition) is 2. The van der Waals surface area contributed by atoms with Gasteiger partial charge < -0.3 is 15.6 Å². The summed E-state index contributed by atoms with van der Waals surface area (Å²) in [5, 5.41) is 0.842. The number of benzene rings is 1. The van der Waals surface area contributed by atoms with Crippen LogP contribution in [0.25, 0.3) is 10.8 Å². The van der Waals surface area contributed by atoms with E-state index in [-0.39, 0.29) is 52.2 Å². The minimum atomic E-state index is -4.55. The van der Waals surface area contributed by atoms with Gasteiger partial charge in [0.25, 0.3) is 6.43 Å². The Balaban J connectivity index is 1.90. The number of nitrogens with zero attached hydrogens (tertiary/aromatic N) is 4. The number of aromatic nitrogens is 2. The Morgan fingerprint density at radius 3 is 2.42 bits per heavy atom. The molecule has 0 unspecified atom stereocenters. The molecule has 0 saturated heterocycles. The Hall–Kier alpha value is -3.79. The molecule has 2 aromatic heterocycles. The maximum absolute atomic E-state index is 14.9. The largest absolute Gasteiger partial charge is 0.405 e. The molecule has 4 rings (SSSR count). The molecule has 0 spiro atoms. The topological polar surface area (TPSA) is 84.3 Å². The van der Waals surface area contributed by atoms with Crippen LogP contribution in [0.15, 0.2) is 30.6 Å². The van der Waals surface area contributed by atoms with Gasteiger partial charge in [-0.1, -0.05) is 11.8 Å². The molecular weight excluding hydrogens is 493 g/mol. The Labute approximate surface area is 200 Å². The molecule has 1 aromatic carbocycles. The zero-order valence-electron chi connectivity index (χ0n) is 18.7. The van der Waals surface area contributed by atoms with E-state index in [1.807, 2.05) is 0 Å². The average Bonchev–Trinajstić information content (AvgIpc) is 3.56. The summed E-state index contributed by atoms with van der Waals surface area (Å²) >= 11 is 0. The van der Waals surface area contributed by atoms with Crippen molar-refractivity contribution < 1.29 is 30.7 Å². The first-order chi connectivity index (χ1) is 16.8. The smallest absolute Gasteiger partial charge is 0.382 e. The minimum absolute atomic E-state index is 0.0547. The number of alkyl halides is 5. The lowest BCUT2D eigenvalue weighted by Gasteiger charge is -2.27. The van der Waals surface area contributed by atoms with E-state index >= 15 is 0 Å². The summed E-state index contributed by atoms with van der Waals surface area (Å²) in [7, 11) is 1.40. The molecule has 36 heavy (non-hydrogen) atoms. The summed E-state index contributed by atoms with van der Waals surface area (Å²) in [5.74, 6) is 7.70. The van der Waals surface area contributed by atoms with Crippen LogP contribution in [0.3, 0.4) is 0 Å². The van der Waals surface area contributed by atoms with E-state index in [0.717, 1.165) is 34.3 Å². The van der Waals surface area contributed by atoms with Crippen LogP contribution in [-0.2, 0) is 0 Å². The second-order valence-corrected chi connectivity index (χ2v) is 8.35. The van der Waals surface area contributed by atoms with Crippen LogP contribution in [0.5, 0.6) is 0 Å². The van der Waals surface area contributed by atoms with Crippen LogP contribution < -0.4 is 21.5 Å². The number of nitrogens with two attached hydrogens (primary N) is 2. The number of fused-ring (bicyclic) bond motifs is 1. The van der Waals surface area contributed by atoms with Crippen molar-refractivity contribution in [1.82, 2.24) is 9.97 Å². The summed E-state index contributed by atoms with van der Waals surface area (Å²) in [6.45, 7) is -1.07. The van der Waals surface area contributed by atoms with Crippen molar-refractivity contribution >= 4 is 33.8 Å². The van der Waals surface area contributed by atoms with E-state index in [4.69, 9.17) is 11.6 Å². The normalized spacial score (nSPS) is 14.5. The van der Waals surface area contributed by atoms with Gasteiger partial charge in [-0.25, -0.2) is 28.4 Å². The maximum Gasteiger partial charge on any atom is 0.405 e. The second-order valence-electron chi connectivity index (χ2n) is 8.35. The summed E-state index contributed by atoms with van der Waals surface area (Å²) in [4.78, 5) is 8.65. The van der Waals surface area contributed by atoms with Crippen molar-refractivity contribution in [3.05, 3.63) is 47.8 Å². The van der Waals surface area contributed by atoms with Crippen molar-refractivity contribution in [1.29, 1.82) is 0 Å². The van der Waals surface area contributed by atoms with E-state index < -0.39 is 36.2 Å². The van der Waals surface area contributed by atoms with Crippen molar-refractivity contribution in [2.45, 2.75) is 25.4 Å². The first-order valence-electron chi connectivity index (χ1n) is 10.5. The van der Waals surface area contributed by atoms with Crippen LogP contribution >= 0.6 is 0 Å². The molecule has 2 heterocycles. The van der Waals surface area contributed by atoms with Crippen LogP contribution in [0.1, 0.15) is 18.4 Å². The Morgan fingerprint density at radius 1 is 1.14 bits per heavy atom. The van der Waals surface area contributed by atoms with Gasteiger partial charge >= 0.3 is 6.18 Å². The third-order valence-electron chi connectivity index (χ3n) is 5.71. The fraction of sp³-hybridized carbons (Fsp3) is 0.304.